The molecule has 1 atom stereocenters. The molecule has 0 aromatic carbocycles. The first-order valence-electron chi connectivity index (χ1n) is 8.79. The molecule has 0 bridgehead atoms. The molecule has 8 nitrogen and oxygen atoms in total. The van der Waals surface area contributed by atoms with Crippen LogP contribution in [-0.2, 0) is 24.9 Å². The van der Waals surface area contributed by atoms with E-state index in [1.54, 1.807) is 34.1 Å². The second-order valence-corrected chi connectivity index (χ2v) is 6.48. The molecule has 3 aromatic rings. The molecule has 138 valence electrons. The molecule has 0 radical (unpaired) electrons. The van der Waals surface area contributed by atoms with Crippen molar-refractivity contribution < 1.29 is 9.53 Å². The molecule has 1 aliphatic heterocycles. The van der Waals surface area contributed by atoms with Gasteiger partial charge >= 0.3 is 0 Å². The number of nitrogens with zero attached hydrogens (tertiary/aromatic N) is 6. The lowest BCUT2D eigenvalue weighted by atomic mass is 9.98. The van der Waals surface area contributed by atoms with Crippen LogP contribution in [0.5, 0.6) is 0 Å². The van der Waals surface area contributed by atoms with Gasteiger partial charge in [-0.1, -0.05) is 17.3 Å². The van der Waals surface area contributed by atoms with Gasteiger partial charge in [-0.3, -0.25) is 19.4 Å². The van der Waals surface area contributed by atoms with E-state index >= 15 is 0 Å². The van der Waals surface area contributed by atoms with Crippen molar-refractivity contribution in [2.75, 3.05) is 13.2 Å². The van der Waals surface area contributed by atoms with Crippen molar-refractivity contribution in [3.8, 4) is 0 Å². The van der Waals surface area contributed by atoms with E-state index in [2.05, 4.69) is 20.3 Å². The van der Waals surface area contributed by atoms with Gasteiger partial charge in [0.1, 0.15) is 11.4 Å². The Hall–Kier alpha value is -3.13. The largest absolute Gasteiger partial charge is 0.374 e. The lowest BCUT2D eigenvalue weighted by molar-refractivity contribution is 0.0598. The molecule has 0 N–H and O–H groups in total. The Kier molecular flexibility index (Phi) is 4.88. The van der Waals surface area contributed by atoms with Crippen LogP contribution in [-0.4, -0.2) is 48.9 Å². The van der Waals surface area contributed by atoms with E-state index in [0.717, 1.165) is 17.1 Å². The van der Waals surface area contributed by atoms with Crippen LogP contribution in [0.15, 0.2) is 48.8 Å². The van der Waals surface area contributed by atoms with E-state index in [9.17, 15) is 4.79 Å². The summed E-state index contributed by atoms with van der Waals surface area (Å²) in [5, 5.41) is 8.36. The Morgan fingerprint density at radius 1 is 1.19 bits per heavy atom. The first kappa shape index (κ1) is 17.3. The summed E-state index contributed by atoms with van der Waals surface area (Å²) < 4.78 is 7.66. The number of pyridine rings is 2. The second kappa shape index (κ2) is 7.63. The number of hydrogen-bond donors (Lipinski definition) is 0. The Labute approximate surface area is 156 Å². The van der Waals surface area contributed by atoms with Gasteiger partial charge in [0.15, 0.2) is 0 Å². The zero-order valence-electron chi connectivity index (χ0n) is 15.0. The summed E-state index contributed by atoms with van der Waals surface area (Å²) in [4.78, 5) is 23.0. The summed E-state index contributed by atoms with van der Waals surface area (Å²) in [6.45, 7) is 1.84. The molecule has 1 amide bonds. The molecule has 0 spiro atoms. The molecular weight excluding hydrogens is 344 g/mol. The van der Waals surface area contributed by atoms with E-state index in [-0.39, 0.29) is 11.8 Å². The summed E-state index contributed by atoms with van der Waals surface area (Å²) in [6, 6.07) is 11.1. The fourth-order valence-corrected chi connectivity index (χ4v) is 3.34. The summed E-state index contributed by atoms with van der Waals surface area (Å²) >= 11 is 0. The lowest BCUT2D eigenvalue weighted by Gasteiger charge is -2.32. The van der Waals surface area contributed by atoms with Gasteiger partial charge in [0.25, 0.3) is 5.91 Å². The van der Waals surface area contributed by atoms with Crippen molar-refractivity contribution >= 4 is 5.91 Å². The minimum Gasteiger partial charge on any atom is -0.374 e. The average molecular weight is 364 g/mol. The molecule has 3 aromatic heterocycles. The molecule has 4 heterocycles. The van der Waals surface area contributed by atoms with E-state index in [0.29, 0.717) is 32.0 Å². The highest BCUT2D eigenvalue weighted by molar-refractivity contribution is 5.92. The number of aryl methyl sites for hydroxylation is 1. The maximum Gasteiger partial charge on any atom is 0.272 e. The number of ether oxygens (including phenoxy) is 1. The quantitative estimate of drug-likeness (QED) is 0.683. The fourth-order valence-electron chi connectivity index (χ4n) is 3.34. The molecule has 1 unspecified atom stereocenters. The van der Waals surface area contributed by atoms with Crippen molar-refractivity contribution in [3.63, 3.8) is 0 Å². The summed E-state index contributed by atoms with van der Waals surface area (Å²) in [7, 11) is 1.87. The lowest BCUT2D eigenvalue weighted by Crippen LogP contribution is -2.40. The number of aromatic nitrogens is 5. The average Bonchev–Trinajstić information content (AvgIpc) is 3.10. The molecule has 0 fully saturated rings. The predicted molar refractivity (Wildman–Crippen MR) is 96.6 cm³/mol. The van der Waals surface area contributed by atoms with Gasteiger partial charge in [0.05, 0.1) is 31.1 Å². The molecule has 1 aliphatic rings. The normalized spacial score (nSPS) is 16.2. The smallest absolute Gasteiger partial charge is 0.272 e. The van der Waals surface area contributed by atoms with Crippen molar-refractivity contribution in [2.24, 2.45) is 7.05 Å². The highest BCUT2D eigenvalue weighted by Crippen LogP contribution is 2.27. The van der Waals surface area contributed by atoms with Crippen LogP contribution in [0.25, 0.3) is 0 Å². The van der Waals surface area contributed by atoms with E-state index in [1.807, 2.05) is 31.3 Å². The molecule has 0 aliphatic carbocycles. The third-order valence-corrected chi connectivity index (χ3v) is 4.58. The molecule has 0 saturated heterocycles. The van der Waals surface area contributed by atoms with Crippen molar-refractivity contribution in [1.29, 1.82) is 0 Å². The number of rotatable bonds is 5. The molecule has 0 saturated carbocycles. The van der Waals surface area contributed by atoms with Gasteiger partial charge < -0.3 is 9.64 Å². The predicted octanol–water partition coefficient (Wildman–Crippen LogP) is 1.56. The first-order valence-corrected chi connectivity index (χ1v) is 8.79. The standard InChI is InChI=1S/C19H20N6O2/c1-24-18-14(12-27-13-15-6-2-4-8-20-15)10-25(11-17(18)22-23-24)19(26)16-7-3-5-9-21-16/h2-9,14H,10-13H2,1H3. The van der Waals surface area contributed by atoms with Crippen LogP contribution in [0.2, 0.25) is 0 Å². The first-order chi connectivity index (χ1) is 13.2. The monoisotopic (exact) mass is 364 g/mol. The maximum absolute atomic E-state index is 12.8. The Morgan fingerprint density at radius 2 is 2.00 bits per heavy atom. The Morgan fingerprint density at radius 3 is 2.74 bits per heavy atom. The zero-order chi connectivity index (χ0) is 18.6. The van der Waals surface area contributed by atoms with Crippen LogP contribution in [0.3, 0.4) is 0 Å². The highest BCUT2D eigenvalue weighted by atomic mass is 16.5. The SMILES string of the molecule is Cn1nnc2c1C(COCc1ccccn1)CN(C(=O)c1ccccn1)C2. The van der Waals surface area contributed by atoms with Gasteiger partial charge in [0, 0.05) is 31.9 Å². The topological polar surface area (TPSA) is 86.0 Å². The number of fused-ring (bicyclic) bond motifs is 1. The molecular formula is C19H20N6O2. The van der Waals surface area contributed by atoms with E-state index < -0.39 is 0 Å². The minimum absolute atomic E-state index is 0.00914. The van der Waals surface area contributed by atoms with Crippen molar-refractivity contribution in [1.82, 2.24) is 29.9 Å². The number of amides is 1. The second-order valence-electron chi connectivity index (χ2n) is 6.48. The zero-order valence-corrected chi connectivity index (χ0v) is 15.0. The fraction of sp³-hybridized carbons (Fsp3) is 0.316. The summed E-state index contributed by atoms with van der Waals surface area (Å²) in [5.41, 5.74) is 3.12. The number of carbonyl (C=O) groups excluding carboxylic acids is 1. The molecule has 4 rings (SSSR count). The van der Waals surface area contributed by atoms with Crippen LogP contribution in [0, 0.1) is 0 Å². The van der Waals surface area contributed by atoms with Gasteiger partial charge in [-0.2, -0.15) is 0 Å². The molecule has 27 heavy (non-hydrogen) atoms. The third-order valence-electron chi connectivity index (χ3n) is 4.58. The minimum atomic E-state index is -0.110. The van der Waals surface area contributed by atoms with Gasteiger partial charge in [-0.05, 0) is 24.3 Å². The Bertz CT molecular complexity index is 912. The summed E-state index contributed by atoms with van der Waals surface area (Å²) in [6.07, 6.45) is 3.37. The van der Waals surface area contributed by atoms with E-state index in [4.69, 9.17) is 4.74 Å². The van der Waals surface area contributed by atoms with Crippen molar-refractivity contribution in [2.45, 2.75) is 19.1 Å². The van der Waals surface area contributed by atoms with Crippen LogP contribution in [0.4, 0.5) is 0 Å². The van der Waals surface area contributed by atoms with E-state index in [1.165, 1.54) is 0 Å². The number of carbonyl (C=O) groups is 1. The third kappa shape index (κ3) is 3.70. The maximum atomic E-state index is 12.8. The Balaban J connectivity index is 1.49. The van der Waals surface area contributed by atoms with Gasteiger partial charge in [0.2, 0.25) is 0 Å². The van der Waals surface area contributed by atoms with Crippen LogP contribution in [0.1, 0.15) is 33.5 Å². The van der Waals surface area contributed by atoms with Crippen molar-refractivity contribution in [3.05, 3.63) is 71.6 Å². The van der Waals surface area contributed by atoms with Crippen LogP contribution < -0.4 is 0 Å². The van der Waals surface area contributed by atoms with Gasteiger partial charge in [-0.25, -0.2) is 0 Å². The summed E-state index contributed by atoms with van der Waals surface area (Å²) in [5.74, 6) is -0.119. The number of hydrogen-bond acceptors (Lipinski definition) is 6. The van der Waals surface area contributed by atoms with Gasteiger partial charge in [-0.15, -0.1) is 5.10 Å². The molecule has 8 heteroatoms. The highest BCUT2D eigenvalue weighted by Gasteiger charge is 2.33. The van der Waals surface area contributed by atoms with Crippen LogP contribution >= 0.6 is 0 Å².